The lowest BCUT2D eigenvalue weighted by atomic mass is 9.95. The predicted octanol–water partition coefficient (Wildman–Crippen LogP) is 3.54. The topological polar surface area (TPSA) is 53.7 Å². The Labute approximate surface area is 159 Å². The second-order valence-electron chi connectivity index (χ2n) is 7.96. The average Bonchev–Trinajstić information content (AvgIpc) is 3.10. The molecule has 2 aromatic heterocycles. The Kier molecular flexibility index (Phi) is 4.12. The van der Waals surface area contributed by atoms with Crippen LogP contribution in [0.4, 0.5) is 5.82 Å². The summed E-state index contributed by atoms with van der Waals surface area (Å²) in [5.74, 6) is 1.21. The van der Waals surface area contributed by atoms with Gasteiger partial charge in [0.15, 0.2) is 5.65 Å². The molecule has 1 N–H and O–H groups in total. The van der Waals surface area contributed by atoms with Crippen molar-refractivity contribution in [2.24, 2.45) is 0 Å². The minimum atomic E-state index is -0.171. The molecule has 0 amide bonds. The van der Waals surface area contributed by atoms with Gasteiger partial charge in [0.1, 0.15) is 5.82 Å². The summed E-state index contributed by atoms with van der Waals surface area (Å²) in [5.41, 5.74) is 6.90. The summed E-state index contributed by atoms with van der Waals surface area (Å²) in [7, 11) is 0. The molecule has 0 spiro atoms. The summed E-state index contributed by atoms with van der Waals surface area (Å²) >= 11 is 0. The van der Waals surface area contributed by atoms with Gasteiger partial charge in [-0.1, -0.05) is 23.8 Å². The molecule has 0 bridgehead atoms. The van der Waals surface area contributed by atoms with Crippen LogP contribution in [0, 0.1) is 6.92 Å². The molecule has 140 valence electrons. The number of rotatable bonds is 2. The molecule has 1 saturated heterocycles. The molecule has 5 heteroatoms. The maximum atomic E-state index is 9.94. The number of benzene rings is 1. The van der Waals surface area contributed by atoms with Gasteiger partial charge < -0.3 is 10.0 Å². The number of nitrogens with zero attached hydrogens (tertiary/aromatic N) is 4. The number of fused-ring (bicyclic) bond motifs is 2. The number of hydrogen-bond acceptors (Lipinski definition) is 4. The molecule has 5 rings (SSSR count). The Morgan fingerprint density at radius 3 is 2.70 bits per heavy atom. The first-order valence-corrected chi connectivity index (χ1v) is 10.1. The molecular formula is C22H26N4O. The average molecular weight is 362 g/mol. The molecule has 5 nitrogen and oxygen atoms in total. The Morgan fingerprint density at radius 2 is 1.89 bits per heavy atom. The second kappa shape index (κ2) is 6.64. The lowest BCUT2D eigenvalue weighted by Crippen LogP contribution is -2.38. The number of piperidine rings is 1. The zero-order valence-electron chi connectivity index (χ0n) is 15.9. The zero-order valence-corrected chi connectivity index (χ0v) is 15.9. The maximum Gasteiger partial charge on any atom is 0.158 e. The standard InChI is InChI=1S/C22H26N4O/c1-15-5-4-6-16(13-15)20-14-21-23-19-8-3-2-7-18(19)22(26(21)24-20)25-11-9-17(27)10-12-25/h4-6,13-14,17,27H,2-3,7-12H2,1H3. The van der Waals surface area contributed by atoms with E-state index in [0.717, 1.165) is 55.7 Å². The first-order valence-electron chi connectivity index (χ1n) is 10.1. The summed E-state index contributed by atoms with van der Waals surface area (Å²) < 4.78 is 2.06. The van der Waals surface area contributed by atoms with Crippen molar-refractivity contribution >= 4 is 11.5 Å². The van der Waals surface area contributed by atoms with E-state index in [9.17, 15) is 5.11 Å². The first-order chi connectivity index (χ1) is 13.2. The molecule has 1 aliphatic heterocycles. The van der Waals surface area contributed by atoms with Gasteiger partial charge in [-0.25, -0.2) is 4.98 Å². The highest BCUT2D eigenvalue weighted by Crippen LogP contribution is 2.33. The van der Waals surface area contributed by atoms with E-state index in [2.05, 4.69) is 46.7 Å². The maximum absolute atomic E-state index is 9.94. The van der Waals surface area contributed by atoms with E-state index in [1.807, 2.05) is 0 Å². The van der Waals surface area contributed by atoms with Gasteiger partial charge in [-0.05, 0) is 51.5 Å². The first kappa shape index (κ1) is 16.8. The number of aryl methyl sites for hydroxylation is 2. The summed E-state index contributed by atoms with van der Waals surface area (Å²) in [5, 5.41) is 14.9. The monoisotopic (exact) mass is 362 g/mol. The van der Waals surface area contributed by atoms with E-state index in [1.165, 1.54) is 35.5 Å². The number of aliphatic hydroxyl groups excluding tert-OH is 1. The molecule has 1 aliphatic carbocycles. The van der Waals surface area contributed by atoms with Crippen LogP contribution in [-0.4, -0.2) is 38.9 Å². The molecule has 0 unspecified atom stereocenters. The lowest BCUT2D eigenvalue weighted by molar-refractivity contribution is 0.145. The van der Waals surface area contributed by atoms with Gasteiger partial charge in [0.05, 0.1) is 11.8 Å². The Bertz CT molecular complexity index is 985. The second-order valence-corrected chi connectivity index (χ2v) is 7.96. The number of anilines is 1. The van der Waals surface area contributed by atoms with Gasteiger partial charge in [-0.2, -0.15) is 9.61 Å². The number of hydrogen-bond donors (Lipinski definition) is 1. The third-order valence-electron chi connectivity index (χ3n) is 5.93. The Hall–Kier alpha value is -2.40. The van der Waals surface area contributed by atoms with Crippen molar-refractivity contribution in [3.63, 3.8) is 0 Å². The fraction of sp³-hybridized carbons (Fsp3) is 0.455. The van der Waals surface area contributed by atoms with E-state index >= 15 is 0 Å². The van der Waals surface area contributed by atoms with Gasteiger partial charge in [0.2, 0.25) is 0 Å². The Balaban J connectivity index is 1.68. The van der Waals surface area contributed by atoms with Crippen LogP contribution in [0.1, 0.15) is 42.5 Å². The molecule has 0 radical (unpaired) electrons. The van der Waals surface area contributed by atoms with Crippen molar-refractivity contribution in [1.82, 2.24) is 14.6 Å². The van der Waals surface area contributed by atoms with Gasteiger partial charge in [0.25, 0.3) is 0 Å². The molecule has 1 fully saturated rings. The van der Waals surface area contributed by atoms with Gasteiger partial charge in [-0.3, -0.25) is 0 Å². The normalized spacial score (nSPS) is 18.1. The molecule has 1 aromatic carbocycles. The smallest absolute Gasteiger partial charge is 0.158 e. The van der Waals surface area contributed by atoms with E-state index in [0.29, 0.717) is 0 Å². The van der Waals surface area contributed by atoms with Crippen molar-refractivity contribution in [2.45, 2.75) is 51.6 Å². The van der Waals surface area contributed by atoms with Crippen molar-refractivity contribution < 1.29 is 5.11 Å². The quantitative estimate of drug-likeness (QED) is 0.758. The summed E-state index contributed by atoms with van der Waals surface area (Å²) in [6, 6.07) is 10.6. The Morgan fingerprint density at radius 1 is 1.07 bits per heavy atom. The number of aromatic nitrogens is 3. The minimum Gasteiger partial charge on any atom is -0.393 e. The van der Waals surface area contributed by atoms with Crippen molar-refractivity contribution in [3.8, 4) is 11.3 Å². The summed E-state index contributed by atoms with van der Waals surface area (Å²) in [6.07, 6.45) is 6.04. The van der Waals surface area contributed by atoms with E-state index in [1.54, 1.807) is 0 Å². The van der Waals surface area contributed by atoms with E-state index in [-0.39, 0.29) is 6.10 Å². The van der Waals surface area contributed by atoms with E-state index in [4.69, 9.17) is 10.1 Å². The van der Waals surface area contributed by atoms with Crippen LogP contribution >= 0.6 is 0 Å². The molecule has 2 aliphatic rings. The van der Waals surface area contributed by atoms with E-state index < -0.39 is 0 Å². The van der Waals surface area contributed by atoms with Crippen LogP contribution in [0.2, 0.25) is 0 Å². The van der Waals surface area contributed by atoms with Crippen LogP contribution in [0.5, 0.6) is 0 Å². The zero-order chi connectivity index (χ0) is 18.4. The fourth-order valence-corrected chi connectivity index (χ4v) is 4.47. The minimum absolute atomic E-state index is 0.171. The van der Waals surface area contributed by atoms with Crippen LogP contribution in [0.25, 0.3) is 16.9 Å². The van der Waals surface area contributed by atoms with Crippen LogP contribution in [0.3, 0.4) is 0 Å². The third-order valence-corrected chi connectivity index (χ3v) is 5.93. The number of aliphatic hydroxyl groups is 1. The highest BCUT2D eigenvalue weighted by Gasteiger charge is 2.26. The molecule has 0 atom stereocenters. The van der Waals surface area contributed by atoms with Crippen LogP contribution < -0.4 is 4.90 Å². The summed E-state index contributed by atoms with van der Waals surface area (Å²) in [4.78, 5) is 7.39. The lowest BCUT2D eigenvalue weighted by Gasteiger charge is -2.34. The van der Waals surface area contributed by atoms with Crippen LogP contribution in [0.15, 0.2) is 30.3 Å². The highest BCUT2D eigenvalue weighted by atomic mass is 16.3. The van der Waals surface area contributed by atoms with Gasteiger partial charge in [0, 0.05) is 36.0 Å². The van der Waals surface area contributed by atoms with Crippen molar-refractivity contribution in [1.29, 1.82) is 0 Å². The molecule has 3 aromatic rings. The molecule has 0 saturated carbocycles. The third kappa shape index (κ3) is 3.00. The fourth-order valence-electron chi connectivity index (χ4n) is 4.47. The van der Waals surface area contributed by atoms with Gasteiger partial charge >= 0.3 is 0 Å². The molecule has 3 heterocycles. The van der Waals surface area contributed by atoms with Gasteiger partial charge in [-0.15, -0.1) is 0 Å². The highest BCUT2D eigenvalue weighted by molar-refractivity contribution is 5.68. The summed E-state index contributed by atoms with van der Waals surface area (Å²) in [6.45, 7) is 3.87. The van der Waals surface area contributed by atoms with Crippen LogP contribution in [-0.2, 0) is 12.8 Å². The molecule has 27 heavy (non-hydrogen) atoms. The van der Waals surface area contributed by atoms with Crippen molar-refractivity contribution in [2.75, 3.05) is 18.0 Å². The SMILES string of the molecule is Cc1cccc(-c2cc3nc4c(c(N5CCC(O)CC5)n3n2)CCCC4)c1. The largest absolute Gasteiger partial charge is 0.393 e. The van der Waals surface area contributed by atoms with Crippen molar-refractivity contribution in [3.05, 3.63) is 47.2 Å². The molecular weight excluding hydrogens is 336 g/mol. The predicted molar refractivity (Wildman–Crippen MR) is 107 cm³/mol.